The van der Waals surface area contributed by atoms with E-state index in [0.29, 0.717) is 5.82 Å². The monoisotopic (exact) mass is 262 g/mol. The average Bonchev–Trinajstić information content (AvgIpc) is 2.55. The number of nitrogens with zero attached hydrogens (tertiary/aromatic N) is 1. The molecule has 1 aromatic carbocycles. The zero-order chi connectivity index (χ0) is 11.2. The van der Waals surface area contributed by atoms with E-state index in [0.717, 1.165) is 16.6 Å². The van der Waals surface area contributed by atoms with Crippen molar-refractivity contribution in [1.82, 2.24) is 9.97 Å². The maximum absolute atomic E-state index is 5.76. The number of alkyl halides is 3. The van der Waals surface area contributed by atoms with Crippen molar-refractivity contribution in [2.24, 2.45) is 0 Å². The Morgan fingerprint density at radius 3 is 2.47 bits per heavy atom. The SMILES string of the molecule is Cc1ccc2[nH]c(C(Cl)(Cl)Cl)nc2c1C. The smallest absolute Gasteiger partial charge is 0.248 e. The van der Waals surface area contributed by atoms with Crippen LogP contribution in [0.5, 0.6) is 0 Å². The molecule has 5 heteroatoms. The normalized spacial score (nSPS) is 12.3. The molecule has 2 rings (SSSR count). The van der Waals surface area contributed by atoms with Gasteiger partial charge in [0.15, 0.2) is 5.82 Å². The number of imidazole rings is 1. The molecular weight excluding hydrogens is 254 g/mol. The standard InChI is InChI=1S/C10H9Cl3N2/c1-5-3-4-7-8(6(5)2)15-9(14-7)10(11,12)13/h3-4H,1-2H3,(H,14,15). The molecule has 0 aliphatic rings. The highest BCUT2D eigenvalue weighted by atomic mass is 35.6. The molecule has 2 nitrogen and oxygen atoms in total. The van der Waals surface area contributed by atoms with Gasteiger partial charge in [-0.1, -0.05) is 40.9 Å². The van der Waals surface area contributed by atoms with Gasteiger partial charge in [0.25, 0.3) is 0 Å². The molecule has 0 unspecified atom stereocenters. The van der Waals surface area contributed by atoms with Gasteiger partial charge in [0, 0.05) is 0 Å². The largest absolute Gasteiger partial charge is 0.338 e. The fourth-order valence-electron chi connectivity index (χ4n) is 1.45. The molecule has 1 N–H and O–H groups in total. The summed E-state index contributed by atoms with van der Waals surface area (Å²) in [5.74, 6) is 0.358. The van der Waals surface area contributed by atoms with Gasteiger partial charge in [-0.2, -0.15) is 0 Å². The Kier molecular flexibility index (Phi) is 2.61. The molecule has 0 aliphatic heterocycles. The Morgan fingerprint density at radius 2 is 1.87 bits per heavy atom. The number of aromatic nitrogens is 2. The number of aromatic amines is 1. The zero-order valence-electron chi connectivity index (χ0n) is 8.24. The molecular formula is C10H9Cl3N2. The number of rotatable bonds is 0. The molecule has 0 bridgehead atoms. The fraction of sp³-hybridized carbons (Fsp3) is 0.300. The number of halogens is 3. The maximum atomic E-state index is 5.76. The Bertz CT molecular complexity index is 511. The van der Waals surface area contributed by atoms with Crippen LogP contribution in [0.3, 0.4) is 0 Å². The second kappa shape index (κ2) is 3.55. The van der Waals surface area contributed by atoms with Gasteiger partial charge < -0.3 is 4.98 Å². The van der Waals surface area contributed by atoms with Crippen LogP contribution >= 0.6 is 34.8 Å². The highest BCUT2D eigenvalue weighted by Gasteiger charge is 2.27. The van der Waals surface area contributed by atoms with Crippen LogP contribution in [0.25, 0.3) is 11.0 Å². The zero-order valence-corrected chi connectivity index (χ0v) is 10.5. The second-order valence-corrected chi connectivity index (χ2v) is 5.77. The Morgan fingerprint density at radius 1 is 1.20 bits per heavy atom. The molecule has 15 heavy (non-hydrogen) atoms. The molecule has 0 atom stereocenters. The van der Waals surface area contributed by atoms with Gasteiger partial charge >= 0.3 is 0 Å². The Labute approximate surface area is 103 Å². The van der Waals surface area contributed by atoms with Crippen molar-refractivity contribution >= 4 is 45.8 Å². The van der Waals surface area contributed by atoms with Crippen molar-refractivity contribution in [2.45, 2.75) is 17.6 Å². The van der Waals surface area contributed by atoms with Crippen LogP contribution in [0.1, 0.15) is 17.0 Å². The molecule has 80 valence electrons. The van der Waals surface area contributed by atoms with Crippen molar-refractivity contribution in [3.63, 3.8) is 0 Å². The lowest BCUT2D eigenvalue weighted by Gasteiger charge is -2.04. The summed E-state index contributed by atoms with van der Waals surface area (Å²) in [6.45, 7) is 4.03. The average molecular weight is 264 g/mol. The van der Waals surface area contributed by atoms with Crippen molar-refractivity contribution in [1.29, 1.82) is 0 Å². The van der Waals surface area contributed by atoms with Gasteiger partial charge in [0.05, 0.1) is 11.0 Å². The van der Waals surface area contributed by atoms with Crippen LogP contribution in [0.4, 0.5) is 0 Å². The minimum atomic E-state index is -1.50. The highest BCUT2D eigenvalue weighted by molar-refractivity contribution is 6.66. The summed E-state index contributed by atoms with van der Waals surface area (Å²) < 4.78 is -1.50. The summed E-state index contributed by atoms with van der Waals surface area (Å²) in [5, 5.41) is 0. The van der Waals surface area contributed by atoms with Gasteiger partial charge in [-0.05, 0) is 31.0 Å². The summed E-state index contributed by atoms with van der Waals surface area (Å²) in [5.41, 5.74) is 4.02. The first kappa shape index (κ1) is 11.1. The van der Waals surface area contributed by atoms with Crippen LogP contribution in [0.15, 0.2) is 12.1 Å². The Balaban J connectivity index is 2.72. The molecule has 0 aliphatic carbocycles. The van der Waals surface area contributed by atoms with Gasteiger partial charge in [0.1, 0.15) is 0 Å². The summed E-state index contributed by atoms with van der Waals surface area (Å²) in [6, 6.07) is 3.95. The van der Waals surface area contributed by atoms with Crippen LogP contribution in [0, 0.1) is 13.8 Å². The molecule has 0 fully saturated rings. The van der Waals surface area contributed by atoms with E-state index in [1.807, 2.05) is 26.0 Å². The third-order valence-corrected chi connectivity index (χ3v) is 2.98. The summed E-state index contributed by atoms with van der Waals surface area (Å²) >= 11 is 17.3. The van der Waals surface area contributed by atoms with Gasteiger partial charge in [-0.15, -0.1) is 0 Å². The van der Waals surface area contributed by atoms with Gasteiger partial charge in [0.2, 0.25) is 3.79 Å². The molecule has 0 saturated carbocycles. The number of H-pyrrole nitrogens is 1. The predicted molar refractivity (Wildman–Crippen MR) is 64.8 cm³/mol. The van der Waals surface area contributed by atoms with Crippen LogP contribution in [0.2, 0.25) is 0 Å². The number of aryl methyl sites for hydroxylation is 2. The third kappa shape index (κ3) is 1.94. The van der Waals surface area contributed by atoms with E-state index in [4.69, 9.17) is 34.8 Å². The first-order valence-corrected chi connectivity index (χ1v) is 5.56. The maximum Gasteiger partial charge on any atom is 0.248 e. The van der Waals surface area contributed by atoms with Crippen molar-refractivity contribution < 1.29 is 0 Å². The minimum Gasteiger partial charge on any atom is -0.338 e. The minimum absolute atomic E-state index is 0.358. The molecule has 1 heterocycles. The highest BCUT2D eigenvalue weighted by Crippen LogP contribution is 2.37. The van der Waals surface area contributed by atoms with E-state index in [1.165, 1.54) is 5.56 Å². The summed E-state index contributed by atoms with van der Waals surface area (Å²) in [4.78, 5) is 7.29. The van der Waals surface area contributed by atoms with Crippen molar-refractivity contribution in [3.05, 3.63) is 29.1 Å². The van der Waals surface area contributed by atoms with Gasteiger partial charge in [-0.25, -0.2) is 4.98 Å². The van der Waals surface area contributed by atoms with E-state index < -0.39 is 3.79 Å². The number of hydrogen-bond donors (Lipinski definition) is 1. The number of nitrogens with one attached hydrogen (secondary N) is 1. The lowest BCUT2D eigenvalue weighted by atomic mass is 10.1. The topological polar surface area (TPSA) is 28.7 Å². The van der Waals surface area contributed by atoms with E-state index in [-0.39, 0.29) is 0 Å². The molecule has 0 radical (unpaired) electrons. The van der Waals surface area contributed by atoms with Crippen LogP contribution < -0.4 is 0 Å². The lowest BCUT2D eigenvalue weighted by Crippen LogP contribution is -2.02. The van der Waals surface area contributed by atoms with E-state index in [1.54, 1.807) is 0 Å². The van der Waals surface area contributed by atoms with Crippen LogP contribution in [-0.2, 0) is 3.79 Å². The Hall–Kier alpha value is -0.440. The first-order valence-electron chi connectivity index (χ1n) is 4.42. The fourth-order valence-corrected chi connectivity index (χ4v) is 1.72. The number of fused-ring (bicyclic) bond motifs is 1. The van der Waals surface area contributed by atoms with Crippen LogP contribution in [-0.4, -0.2) is 9.97 Å². The molecule has 0 amide bonds. The second-order valence-electron chi connectivity index (χ2n) is 3.49. The van der Waals surface area contributed by atoms with Gasteiger partial charge in [-0.3, -0.25) is 0 Å². The molecule has 2 aromatic rings. The summed E-state index contributed by atoms with van der Waals surface area (Å²) in [6.07, 6.45) is 0. The predicted octanol–water partition coefficient (Wildman–Crippen LogP) is 4.01. The van der Waals surface area contributed by atoms with E-state index >= 15 is 0 Å². The van der Waals surface area contributed by atoms with E-state index in [2.05, 4.69) is 9.97 Å². The van der Waals surface area contributed by atoms with Crippen molar-refractivity contribution in [3.8, 4) is 0 Å². The van der Waals surface area contributed by atoms with Crippen molar-refractivity contribution in [2.75, 3.05) is 0 Å². The summed E-state index contributed by atoms with van der Waals surface area (Å²) in [7, 11) is 0. The number of hydrogen-bond acceptors (Lipinski definition) is 1. The molecule has 0 spiro atoms. The number of benzene rings is 1. The first-order chi connectivity index (χ1) is 6.89. The lowest BCUT2D eigenvalue weighted by molar-refractivity contribution is 1.05. The third-order valence-electron chi connectivity index (χ3n) is 2.45. The van der Waals surface area contributed by atoms with E-state index in [9.17, 15) is 0 Å². The molecule has 0 saturated heterocycles. The quantitative estimate of drug-likeness (QED) is 0.715. The molecule has 1 aromatic heterocycles.